The fraction of sp³-hybridized carbons (Fsp3) is 0. The molecule has 0 fully saturated rings. The molecule has 1 aromatic rings. The molecule has 0 aliphatic heterocycles. The average molecular weight is 171 g/mol. The summed E-state index contributed by atoms with van der Waals surface area (Å²) in [7, 11) is 0. The molecule has 0 spiro atoms. The minimum Gasteiger partial charge on any atom is -0.382 e. The van der Waals surface area contributed by atoms with Gasteiger partial charge in [-0.2, -0.15) is 5.10 Å². The Morgan fingerprint density at radius 1 is 1.64 bits per heavy atom. The number of rotatable bonds is 1. The van der Waals surface area contributed by atoms with Gasteiger partial charge >= 0.3 is 0 Å². The van der Waals surface area contributed by atoms with Crippen LogP contribution in [0.3, 0.4) is 0 Å². The maximum Gasteiger partial charge on any atom is 0.150 e. The number of pyridine rings is 1. The maximum absolute atomic E-state index is 5.58. The molecule has 0 saturated carbocycles. The topological polar surface area (TPSA) is 77.3 Å². The molecule has 0 aliphatic rings. The number of aromatic nitrogens is 1. The van der Waals surface area contributed by atoms with Crippen molar-refractivity contribution in [2.45, 2.75) is 0 Å². The molecule has 0 aliphatic carbocycles. The van der Waals surface area contributed by atoms with E-state index in [4.69, 9.17) is 23.2 Å². The van der Waals surface area contributed by atoms with Crippen molar-refractivity contribution in [3.8, 4) is 0 Å². The van der Waals surface area contributed by atoms with Crippen molar-refractivity contribution >= 4 is 17.4 Å². The molecule has 4 nitrogen and oxygen atoms in total. The summed E-state index contributed by atoms with van der Waals surface area (Å²) in [5.74, 6) is 5.20. The zero-order chi connectivity index (χ0) is 8.27. The van der Waals surface area contributed by atoms with Crippen LogP contribution in [0.1, 0.15) is 5.56 Å². The van der Waals surface area contributed by atoms with Crippen molar-refractivity contribution < 1.29 is 0 Å². The summed E-state index contributed by atoms with van der Waals surface area (Å²) in [4.78, 5) is 3.77. The highest BCUT2D eigenvalue weighted by Crippen LogP contribution is 2.05. The van der Waals surface area contributed by atoms with E-state index >= 15 is 0 Å². The molecule has 1 heterocycles. The van der Waals surface area contributed by atoms with Gasteiger partial charge in [-0.15, -0.1) is 0 Å². The highest BCUT2D eigenvalue weighted by atomic mass is 35.5. The van der Waals surface area contributed by atoms with Crippen LogP contribution in [0, 0.1) is 0 Å². The number of hydrogen-bond donors (Lipinski definition) is 2. The van der Waals surface area contributed by atoms with E-state index in [0.29, 0.717) is 10.7 Å². The minimum absolute atomic E-state index is 0.245. The molecule has 4 N–H and O–H groups in total. The van der Waals surface area contributed by atoms with Gasteiger partial charge in [-0.1, -0.05) is 11.6 Å². The molecular weight excluding hydrogens is 164 g/mol. The van der Waals surface area contributed by atoms with Gasteiger partial charge in [0.1, 0.15) is 11.0 Å². The van der Waals surface area contributed by atoms with Gasteiger partial charge in [-0.25, -0.2) is 4.98 Å². The predicted octanol–water partition coefficient (Wildman–Crippen LogP) is 0.314. The monoisotopic (exact) mass is 170 g/mol. The molecule has 0 aromatic carbocycles. The van der Waals surface area contributed by atoms with E-state index in [-0.39, 0.29) is 5.84 Å². The van der Waals surface area contributed by atoms with E-state index in [1.54, 1.807) is 12.1 Å². The molecule has 0 saturated heterocycles. The van der Waals surface area contributed by atoms with Crippen molar-refractivity contribution in [2.24, 2.45) is 16.7 Å². The Kier molecular flexibility index (Phi) is 2.28. The maximum atomic E-state index is 5.58. The first kappa shape index (κ1) is 7.81. The van der Waals surface area contributed by atoms with E-state index < -0.39 is 0 Å². The summed E-state index contributed by atoms with van der Waals surface area (Å²) in [6.07, 6.45) is 1.54. The molecule has 1 aromatic heterocycles. The standard InChI is InChI=1S/C6H7ClN4/c7-5-3-4(1-2-10-5)6(8)11-9/h1-3H,9H2,(H2,8,11). The van der Waals surface area contributed by atoms with E-state index in [2.05, 4.69) is 10.1 Å². The summed E-state index contributed by atoms with van der Waals surface area (Å²) in [5, 5.41) is 3.68. The van der Waals surface area contributed by atoms with E-state index in [1.165, 1.54) is 6.20 Å². The fourth-order valence-electron chi connectivity index (χ4n) is 0.636. The van der Waals surface area contributed by atoms with Crippen LogP contribution >= 0.6 is 11.6 Å². The number of hydrogen-bond acceptors (Lipinski definition) is 3. The third-order valence-electron chi connectivity index (χ3n) is 1.16. The van der Waals surface area contributed by atoms with Gasteiger partial charge in [0.25, 0.3) is 0 Å². The summed E-state index contributed by atoms with van der Waals surface area (Å²) in [6, 6.07) is 3.27. The van der Waals surface area contributed by atoms with Crippen LogP contribution in [0.2, 0.25) is 5.15 Å². The average Bonchev–Trinajstić information content (AvgIpc) is 2.03. The van der Waals surface area contributed by atoms with E-state index in [0.717, 1.165) is 0 Å². The Morgan fingerprint density at radius 2 is 2.36 bits per heavy atom. The lowest BCUT2D eigenvalue weighted by molar-refractivity contribution is 1.22. The van der Waals surface area contributed by atoms with Crippen LogP contribution in [0.5, 0.6) is 0 Å². The first-order valence-corrected chi connectivity index (χ1v) is 3.27. The smallest absolute Gasteiger partial charge is 0.150 e. The van der Waals surface area contributed by atoms with Crippen LogP contribution in [-0.4, -0.2) is 10.8 Å². The van der Waals surface area contributed by atoms with Crippen LogP contribution in [-0.2, 0) is 0 Å². The van der Waals surface area contributed by atoms with Crippen LogP contribution in [0.25, 0.3) is 0 Å². The molecule has 0 amide bonds. The predicted molar refractivity (Wildman–Crippen MR) is 44.2 cm³/mol. The Hall–Kier alpha value is -1.29. The highest BCUT2D eigenvalue weighted by molar-refractivity contribution is 6.29. The summed E-state index contributed by atoms with van der Waals surface area (Å²) >= 11 is 5.58. The van der Waals surface area contributed by atoms with Gasteiger partial charge in [0.15, 0.2) is 0 Å². The Balaban J connectivity index is 3.06. The second-order valence-electron chi connectivity index (χ2n) is 1.88. The molecule has 0 bridgehead atoms. The van der Waals surface area contributed by atoms with Crippen molar-refractivity contribution in [2.75, 3.05) is 0 Å². The Bertz CT molecular complexity index is 284. The quantitative estimate of drug-likeness (QED) is 0.209. The Labute approximate surface area is 68.9 Å². The van der Waals surface area contributed by atoms with Crippen LogP contribution < -0.4 is 11.6 Å². The largest absolute Gasteiger partial charge is 0.382 e. The number of nitrogens with zero attached hydrogens (tertiary/aromatic N) is 2. The van der Waals surface area contributed by atoms with Crippen molar-refractivity contribution in [3.05, 3.63) is 29.0 Å². The lowest BCUT2D eigenvalue weighted by Gasteiger charge is -1.97. The molecular formula is C6H7ClN4. The van der Waals surface area contributed by atoms with Crippen molar-refractivity contribution in [1.82, 2.24) is 4.98 Å². The third kappa shape index (κ3) is 1.81. The number of halogens is 1. The molecule has 58 valence electrons. The Morgan fingerprint density at radius 3 is 2.91 bits per heavy atom. The second-order valence-corrected chi connectivity index (χ2v) is 2.27. The molecule has 0 atom stereocenters. The summed E-state index contributed by atoms with van der Waals surface area (Å²) in [5.41, 5.74) is 6.08. The number of amidine groups is 1. The number of hydrazone groups is 1. The van der Waals surface area contributed by atoms with Gasteiger partial charge in [0.05, 0.1) is 0 Å². The van der Waals surface area contributed by atoms with E-state index in [9.17, 15) is 0 Å². The molecule has 0 unspecified atom stereocenters. The fourth-order valence-corrected chi connectivity index (χ4v) is 0.810. The lowest BCUT2D eigenvalue weighted by Crippen LogP contribution is -2.15. The SMILES string of the molecule is N/N=C(\N)c1ccnc(Cl)c1. The summed E-state index contributed by atoms with van der Waals surface area (Å²) in [6.45, 7) is 0. The van der Waals surface area contributed by atoms with Gasteiger partial charge in [0, 0.05) is 11.8 Å². The van der Waals surface area contributed by atoms with Crippen molar-refractivity contribution in [1.29, 1.82) is 0 Å². The highest BCUT2D eigenvalue weighted by Gasteiger charge is 1.97. The zero-order valence-electron chi connectivity index (χ0n) is 5.66. The number of nitrogens with two attached hydrogens (primary N) is 2. The third-order valence-corrected chi connectivity index (χ3v) is 1.37. The van der Waals surface area contributed by atoms with Crippen LogP contribution in [0.4, 0.5) is 0 Å². The van der Waals surface area contributed by atoms with Crippen molar-refractivity contribution in [3.63, 3.8) is 0 Å². The van der Waals surface area contributed by atoms with Gasteiger partial charge < -0.3 is 11.6 Å². The first-order chi connectivity index (χ1) is 5.24. The van der Waals surface area contributed by atoms with Gasteiger partial charge in [0.2, 0.25) is 0 Å². The zero-order valence-corrected chi connectivity index (χ0v) is 6.42. The first-order valence-electron chi connectivity index (χ1n) is 2.89. The lowest BCUT2D eigenvalue weighted by atomic mass is 10.2. The molecule has 11 heavy (non-hydrogen) atoms. The van der Waals surface area contributed by atoms with E-state index in [1.807, 2.05) is 0 Å². The normalized spacial score (nSPS) is 11.5. The second kappa shape index (κ2) is 3.21. The molecule has 1 rings (SSSR count). The van der Waals surface area contributed by atoms with Crippen LogP contribution in [0.15, 0.2) is 23.4 Å². The van der Waals surface area contributed by atoms with Gasteiger partial charge in [-0.05, 0) is 12.1 Å². The van der Waals surface area contributed by atoms with Gasteiger partial charge in [-0.3, -0.25) is 0 Å². The minimum atomic E-state index is 0.245. The molecule has 0 radical (unpaired) electrons. The summed E-state index contributed by atoms with van der Waals surface area (Å²) < 4.78 is 0. The molecule has 5 heteroatoms.